The molecule has 1 aromatic rings. The summed E-state index contributed by atoms with van der Waals surface area (Å²) in [6.45, 7) is 0. The van der Waals surface area contributed by atoms with Crippen LogP contribution in [-0.4, -0.2) is 11.2 Å². The smallest absolute Gasteiger partial charge is 0.316 e. The van der Waals surface area contributed by atoms with E-state index in [0.29, 0.717) is 0 Å². The summed E-state index contributed by atoms with van der Waals surface area (Å²) in [5, 5.41) is -0.00259. The maximum atomic E-state index is 12.1. The highest BCUT2D eigenvalue weighted by Crippen LogP contribution is 2.30. The maximum absolute atomic E-state index is 12.1. The van der Waals surface area contributed by atoms with Crippen molar-refractivity contribution in [1.82, 2.24) is 4.98 Å². The molecule has 0 aliphatic carbocycles. The van der Waals surface area contributed by atoms with Gasteiger partial charge in [0.15, 0.2) is 0 Å². The van der Waals surface area contributed by atoms with Gasteiger partial charge >= 0.3 is 6.18 Å². The first-order valence-electron chi connectivity index (χ1n) is 3.35. The molecule has 6 heteroatoms. The average molecular weight is 211 g/mol. The Kier molecular flexibility index (Phi) is 2.77. The lowest BCUT2D eigenvalue weighted by atomic mass is 10.1. The van der Waals surface area contributed by atoms with Crippen LogP contribution in [0.2, 0.25) is 5.15 Å². The number of halogens is 4. The summed E-state index contributed by atoms with van der Waals surface area (Å²) >= 11 is 5.40. The van der Waals surface area contributed by atoms with Gasteiger partial charge in [-0.15, -0.1) is 0 Å². The molecule has 0 saturated heterocycles. The van der Waals surface area contributed by atoms with Crippen molar-refractivity contribution < 1.29 is 13.2 Å². The topological polar surface area (TPSA) is 38.9 Å². The second-order valence-electron chi connectivity index (χ2n) is 2.43. The Morgan fingerprint density at radius 2 is 2.08 bits per heavy atom. The molecule has 2 nitrogen and oxygen atoms in total. The average Bonchev–Trinajstić information content (AvgIpc) is 2.01. The van der Waals surface area contributed by atoms with Gasteiger partial charge in [0.1, 0.15) is 11.2 Å². The van der Waals surface area contributed by atoms with Gasteiger partial charge in [0.2, 0.25) is 0 Å². The molecule has 0 bridgehead atoms. The lowest BCUT2D eigenvalue weighted by molar-refractivity contribution is -0.149. The minimum atomic E-state index is -4.45. The van der Waals surface area contributed by atoms with Gasteiger partial charge < -0.3 is 5.73 Å². The molecule has 1 atom stereocenters. The summed E-state index contributed by atoms with van der Waals surface area (Å²) in [5.74, 6) is 0. The standard InChI is InChI=1S/C7H6ClF3N2/c8-5-3-4(1-2-13-5)6(12)7(9,10)11/h1-3,6H,12H2/t6-/m0/s1. The fourth-order valence-electron chi connectivity index (χ4n) is 0.800. The van der Waals surface area contributed by atoms with Gasteiger partial charge in [-0.3, -0.25) is 0 Å². The first kappa shape index (κ1) is 10.3. The quantitative estimate of drug-likeness (QED) is 0.723. The summed E-state index contributed by atoms with van der Waals surface area (Å²) in [6, 6.07) is 0.275. The molecule has 0 amide bonds. The Morgan fingerprint density at radius 3 is 2.54 bits per heavy atom. The highest BCUT2D eigenvalue weighted by atomic mass is 35.5. The lowest BCUT2D eigenvalue weighted by Gasteiger charge is -2.15. The van der Waals surface area contributed by atoms with Crippen LogP contribution >= 0.6 is 11.6 Å². The number of alkyl halides is 3. The maximum Gasteiger partial charge on any atom is 0.407 e. The van der Waals surface area contributed by atoms with Crippen LogP contribution in [0.25, 0.3) is 0 Å². The van der Waals surface area contributed by atoms with Gasteiger partial charge in [0, 0.05) is 6.20 Å². The first-order valence-corrected chi connectivity index (χ1v) is 3.73. The van der Waals surface area contributed by atoms with E-state index in [1.807, 2.05) is 0 Å². The van der Waals surface area contributed by atoms with Crippen LogP contribution in [0.15, 0.2) is 18.3 Å². The third kappa shape index (κ3) is 2.57. The number of hydrogen-bond donors (Lipinski definition) is 1. The van der Waals surface area contributed by atoms with Gasteiger partial charge in [-0.1, -0.05) is 11.6 Å². The Morgan fingerprint density at radius 1 is 1.46 bits per heavy atom. The number of hydrogen-bond acceptors (Lipinski definition) is 2. The molecule has 13 heavy (non-hydrogen) atoms. The minimum absolute atomic E-state index is 0.00259. The number of nitrogens with two attached hydrogens (primary N) is 1. The normalized spacial score (nSPS) is 14.2. The van der Waals surface area contributed by atoms with Crippen molar-refractivity contribution in [3.05, 3.63) is 29.0 Å². The highest BCUT2D eigenvalue weighted by molar-refractivity contribution is 6.29. The van der Waals surface area contributed by atoms with Crippen LogP contribution in [0.3, 0.4) is 0 Å². The van der Waals surface area contributed by atoms with Crippen molar-refractivity contribution in [2.45, 2.75) is 12.2 Å². The molecule has 1 aromatic heterocycles. The zero-order valence-electron chi connectivity index (χ0n) is 6.35. The third-order valence-electron chi connectivity index (χ3n) is 1.46. The van der Waals surface area contributed by atoms with E-state index in [1.165, 1.54) is 12.3 Å². The summed E-state index contributed by atoms with van der Waals surface area (Å²) in [7, 11) is 0. The van der Waals surface area contributed by atoms with Gasteiger partial charge in [0.05, 0.1) is 0 Å². The number of nitrogens with zero attached hydrogens (tertiary/aromatic N) is 1. The van der Waals surface area contributed by atoms with Crippen LogP contribution < -0.4 is 5.73 Å². The fraction of sp³-hybridized carbons (Fsp3) is 0.286. The molecule has 0 aromatic carbocycles. The van der Waals surface area contributed by atoms with Crippen LogP contribution in [0.1, 0.15) is 11.6 Å². The molecule has 1 rings (SSSR count). The zero-order chi connectivity index (χ0) is 10.1. The molecule has 72 valence electrons. The summed E-state index contributed by atoms with van der Waals surface area (Å²) in [4.78, 5) is 3.55. The third-order valence-corrected chi connectivity index (χ3v) is 1.67. The molecular weight excluding hydrogens is 205 g/mol. The van der Waals surface area contributed by atoms with E-state index in [4.69, 9.17) is 17.3 Å². The van der Waals surface area contributed by atoms with Gasteiger partial charge in [-0.25, -0.2) is 4.98 Å². The molecular formula is C7H6ClF3N2. The zero-order valence-corrected chi connectivity index (χ0v) is 7.10. The summed E-state index contributed by atoms with van der Waals surface area (Å²) < 4.78 is 36.2. The molecule has 0 unspecified atom stereocenters. The Balaban J connectivity index is 2.96. The van der Waals surface area contributed by atoms with E-state index < -0.39 is 12.2 Å². The molecule has 2 N–H and O–H groups in total. The lowest BCUT2D eigenvalue weighted by Crippen LogP contribution is -2.28. The largest absolute Gasteiger partial charge is 0.407 e. The van der Waals surface area contributed by atoms with Crippen molar-refractivity contribution in [2.24, 2.45) is 5.73 Å². The Labute approximate surface area is 77.5 Å². The predicted octanol–water partition coefficient (Wildman–Crippen LogP) is 2.30. The van der Waals surface area contributed by atoms with E-state index >= 15 is 0 Å². The molecule has 0 fully saturated rings. The monoisotopic (exact) mass is 210 g/mol. The first-order chi connectivity index (χ1) is 5.91. The van der Waals surface area contributed by atoms with E-state index in [9.17, 15) is 13.2 Å². The highest BCUT2D eigenvalue weighted by Gasteiger charge is 2.37. The van der Waals surface area contributed by atoms with Gasteiger partial charge in [0.25, 0.3) is 0 Å². The van der Waals surface area contributed by atoms with E-state index in [-0.39, 0.29) is 10.7 Å². The minimum Gasteiger partial charge on any atom is -0.316 e. The van der Waals surface area contributed by atoms with Gasteiger partial charge in [-0.05, 0) is 17.7 Å². The molecule has 0 aliphatic rings. The molecule has 1 heterocycles. The summed E-state index contributed by atoms with van der Waals surface area (Å²) in [5.41, 5.74) is 4.84. The number of rotatable bonds is 1. The van der Waals surface area contributed by atoms with Crippen molar-refractivity contribution in [3.8, 4) is 0 Å². The molecule has 0 saturated carbocycles. The second-order valence-corrected chi connectivity index (χ2v) is 2.82. The van der Waals surface area contributed by atoms with Crippen LogP contribution in [0.5, 0.6) is 0 Å². The number of aromatic nitrogens is 1. The fourth-order valence-corrected chi connectivity index (χ4v) is 0.982. The summed E-state index contributed by atoms with van der Waals surface area (Å²) in [6.07, 6.45) is -3.27. The van der Waals surface area contributed by atoms with E-state index in [1.54, 1.807) is 0 Å². The van der Waals surface area contributed by atoms with Crippen LogP contribution in [-0.2, 0) is 0 Å². The van der Waals surface area contributed by atoms with Gasteiger partial charge in [-0.2, -0.15) is 13.2 Å². The van der Waals surface area contributed by atoms with Crippen molar-refractivity contribution in [2.75, 3.05) is 0 Å². The van der Waals surface area contributed by atoms with E-state index in [2.05, 4.69) is 4.98 Å². The predicted molar refractivity (Wildman–Crippen MR) is 42.2 cm³/mol. The van der Waals surface area contributed by atoms with Crippen molar-refractivity contribution in [3.63, 3.8) is 0 Å². The van der Waals surface area contributed by atoms with Crippen molar-refractivity contribution in [1.29, 1.82) is 0 Å². The Bertz CT molecular complexity index is 300. The van der Waals surface area contributed by atoms with Crippen LogP contribution in [0, 0.1) is 0 Å². The van der Waals surface area contributed by atoms with Crippen LogP contribution in [0.4, 0.5) is 13.2 Å². The number of pyridine rings is 1. The second kappa shape index (κ2) is 3.51. The molecule has 0 radical (unpaired) electrons. The van der Waals surface area contributed by atoms with E-state index in [0.717, 1.165) is 6.07 Å². The van der Waals surface area contributed by atoms with Crippen molar-refractivity contribution >= 4 is 11.6 Å². The Hall–Kier alpha value is -0.810. The SMILES string of the molecule is N[C@@H](c1ccnc(Cl)c1)C(F)(F)F. The molecule has 0 spiro atoms. The molecule has 0 aliphatic heterocycles.